The molecule has 3 aromatic rings. The van der Waals surface area contributed by atoms with Crippen molar-refractivity contribution in [1.82, 2.24) is 9.55 Å². The fraction of sp³-hybridized carbons (Fsp3) is 0.167. The molecule has 1 amide bonds. The van der Waals surface area contributed by atoms with Gasteiger partial charge in [0.1, 0.15) is 11.6 Å². The van der Waals surface area contributed by atoms with Crippen molar-refractivity contribution in [3.63, 3.8) is 0 Å². The summed E-state index contributed by atoms with van der Waals surface area (Å²) in [5.41, 5.74) is 5.72. The number of nitrogens with two attached hydrogens (primary N) is 1. The van der Waals surface area contributed by atoms with Crippen molar-refractivity contribution in [2.45, 2.75) is 13.5 Å². The summed E-state index contributed by atoms with van der Waals surface area (Å²) in [6.07, 6.45) is 2.50. The van der Waals surface area contributed by atoms with E-state index in [1.165, 1.54) is 30.3 Å². The van der Waals surface area contributed by atoms with Crippen LogP contribution in [0.1, 0.15) is 18.1 Å². The Kier molecular flexibility index (Phi) is 7.75. The summed E-state index contributed by atoms with van der Waals surface area (Å²) in [4.78, 5) is 52.8. The highest BCUT2D eigenvalue weighted by Crippen LogP contribution is 2.18. The first-order valence-electron chi connectivity index (χ1n) is 10.4. The summed E-state index contributed by atoms with van der Waals surface area (Å²) in [7, 11) is 0. The van der Waals surface area contributed by atoms with Crippen LogP contribution in [-0.2, 0) is 20.9 Å². The van der Waals surface area contributed by atoms with Crippen molar-refractivity contribution in [3.8, 4) is 0 Å². The Morgan fingerprint density at radius 2 is 1.79 bits per heavy atom. The van der Waals surface area contributed by atoms with E-state index in [4.69, 9.17) is 10.5 Å². The zero-order valence-corrected chi connectivity index (χ0v) is 18.4. The van der Waals surface area contributed by atoms with Crippen LogP contribution in [0.4, 0.5) is 15.9 Å². The molecule has 9 nitrogen and oxygen atoms in total. The number of benzene rings is 2. The van der Waals surface area contributed by atoms with Crippen molar-refractivity contribution in [3.05, 3.63) is 98.5 Å². The largest absolute Gasteiger partial charge is 0.452 e. The molecule has 0 atom stereocenters. The van der Waals surface area contributed by atoms with Crippen molar-refractivity contribution >= 4 is 29.5 Å². The van der Waals surface area contributed by atoms with Crippen LogP contribution in [0.15, 0.2) is 70.3 Å². The zero-order chi connectivity index (χ0) is 24.7. The molecule has 3 N–H and O–H groups in total. The Labute approximate surface area is 193 Å². The molecule has 0 fully saturated rings. The second-order valence-corrected chi connectivity index (χ2v) is 7.20. The van der Waals surface area contributed by atoms with E-state index in [1.807, 2.05) is 6.07 Å². The fourth-order valence-corrected chi connectivity index (χ4v) is 3.22. The number of anilines is 2. The van der Waals surface area contributed by atoms with Crippen LogP contribution in [0, 0.1) is 5.82 Å². The number of hydrogen-bond donors (Lipinski definition) is 2. The Morgan fingerprint density at radius 3 is 2.44 bits per heavy atom. The molecule has 3 rings (SSSR count). The van der Waals surface area contributed by atoms with Gasteiger partial charge in [-0.25, -0.2) is 14.0 Å². The molecule has 1 heterocycles. The molecule has 0 unspecified atom stereocenters. The van der Waals surface area contributed by atoms with Crippen LogP contribution in [0.25, 0.3) is 6.08 Å². The fourth-order valence-electron chi connectivity index (χ4n) is 3.22. The Bertz CT molecular complexity index is 1310. The monoisotopic (exact) mass is 466 g/mol. The highest BCUT2D eigenvalue weighted by atomic mass is 19.1. The van der Waals surface area contributed by atoms with Gasteiger partial charge >= 0.3 is 11.7 Å². The number of carbonyl (C=O) groups excluding carboxylic acids is 2. The number of halogens is 1. The lowest BCUT2D eigenvalue weighted by Crippen LogP contribution is -2.42. The van der Waals surface area contributed by atoms with Gasteiger partial charge < -0.3 is 15.4 Å². The third-order valence-corrected chi connectivity index (χ3v) is 4.90. The number of esters is 1. The van der Waals surface area contributed by atoms with E-state index < -0.39 is 35.5 Å². The Hall–Kier alpha value is -4.47. The molecule has 34 heavy (non-hydrogen) atoms. The second kappa shape index (κ2) is 10.9. The van der Waals surface area contributed by atoms with E-state index in [-0.39, 0.29) is 24.6 Å². The predicted molar refractivity (Wildman–Crippen MR) is 126 cm³/mol. The lowest BCUT2D eigenvalue weighted by Gasteiger charge is -2.23. The number of aromatic nitrogens is 2. The van der Waals surface area contributed by atoms with Gasteiger partial charge in [0.05, 0.1) is 6.54 Å². The molecule has 0 saturated heterocycles. The minimum atomic E-state index is -0.829. The number of aromatic amines is 1. The van der Waals surface area contributed by atoms with Gasteiger partial charge in [0.15, 0.2) is 12.3 Å². The Balaban J connectivity index is 1.75. The molecule has 0 radical (unpaired) electrons. The SMILES string of the molecule is CCN(C(=O)COC(=O)/C=C/c1ccc(F)cc1)c1c(N)n(Cc2ccccc2)c(=O)[nH]c1=O. The summed E-state index contributed by atoms with van der Waals surface area (Å²) >= 11 is 0. The van der Waals surface area contributed by atoms with E-state index >= 15 is 0 Å². The number of likely N-dealkylation sites (N-methyl/N-ethyl adjacent to an activating group) is 1. The van der Waals surface area contributed by atoms with Crippen molar-refractivity contribution in [1.29, 1.82) is 0 Å². The molecule has 176 valence electrons. The first-order valence-corrected chi connectivity index (χ1v) is 10.4. The molecule has 0 aliphatic heterocycles. The molecule has 0 spiro atoms. The number of nitrogen functional groups attached to an aromatic ring is 1. The van der Waals surface area contributed by atoms with Gasteiger partial charge in [-0.1, -0.05) is 42.5 Å². The second-order valence-electron chi connectivity index (χ2n) is 7.20. The molecule has 10 heteroatoms. The molecule has 0 aliphatic rings. The van der Waals surface area contributed by atoms with E-state index in [9.17, 15) is 23.6 Å². The number of hydrogen-bond acceptors (Lipinski definition) is 6. The third kappa shape index (κ3) is 5.85. The van der Waals surface area contributed by atoms with Crippen molar-refractivity contribution in [2.75, 3.05) is 23.8 Å². The normalized spacial score (nSPS) is 10.9. The van der Waals surface area contributed by atoms with Crippen LogP contribution >= 0.6 is 0 Å². The van der Waals surface area contributed by atoms with Gasteiger partial charge in [-0.05, 0) is 36.3 Å². The molecular weight excluding hydrogens is 443 g/mol. The van der Waals surface area contributed by atoms with Crippen molar-refractivity contribution in [2.24, 2.45) is 0 Å². The summed E-state index contributed by atoms with van der Waals surface area (Å²) in [6.45, 7) is 1.08. The van der Waals surface area contributed by atoms with Gasteiger partial charge in [-0.15, -0.1) is 0 Å². The van der Waals surface area contributed by atoms with Crippen LogP contribution in [0.3, 0.4) is 0 Å². The maximum atomic E-state index is 12.9. The first kappa shape index (κ1) is 24.2. The average Bonchev–Trinajstić information content (AvgIpc) is 2.83. The van der Waals surface area contributed by atoms with E-state index in [0.29, 0.717) is 5.56 Å². The number of ether oxygens (including phenoxy) is 1. The summed E-state index contributed by atoms with van der Waals surface area (Å²) in [5, 5.41) is 0. The molecule has 1 aromatic heterocycles. The smallest absolute Gasteiger partial charge is 0.331 e. The number of rotatable bonds is 8. The van der Waals surface area contributed by atoms with E-state index in [0.717, 1.165) is 21.1 Å². The maximum absolute atomic E-state index is 12.9. The first-order chi connectivity index (χ1) is 16.3. The Morgan fingerprint density at radius 1 is 1.12 bits per heavy atom. The molecule has 0 saturated carbocycles. The van der Waals surface area contributed by atoms with Gasteiger partial charge in [-0.2, -0.15) is 0 Å². The minimum Gasteiger partial charge on any atom is -0.452 e. The number of H-pyrrole nitrogens is 1. The summed E-state index contributed by atoms with van der Waals surface area (Å²) < 4.78 is 19.1. The summed E-state index contributed by atoms with van der Waals surface area (Å²) in [5.74, 6) is -2.09. The molecule has 0 aliphatic carbocycles. The number of carbonyl (C=O) groups is 2. The highest BCUT2D eigenvalue weighted by molar-refractivity contribution is 5.98. The highest BCUT2D eigenvalue weighted by Gasteiger charge is 2.23. The van der Waals surface area contributed by atoms with E-state index in [2.05, 4.69) is 4.98 Å². The van der Waals surface area contributed by atoms with Crippen LogP contribution < -0.4 is 21.9 Å². The lowest BCUT2D eigenvalue weighted by molar-refractivity contribution is -0.142. The van der Waals surface area contributed by atoms with Crippen LogP contribution in [0.2, 0.25) is 0 Å². The maximum Gasteiger partial charge on any atom is 0.331 e. The number of nitrogens with zero attached hydrogens (tertiary/aromatic N) is 2. The third-order valence-electron chi connectivity index (χ3n) is 4.90. The van der Waals surface area contributed by atoms with Crippen LogP contribution in [-0.4, -0.2) is 34.6 Å². The van der Waals surface area contributed by atoms with Crippen LogP contribution in [0.5, 0.6) is 0 Å². The predicted octanol–water partition coefficient (Wildman–Crippen LogP) is 1.92. The standard InChI is InChI=1S/C24H23FN4O5/c1-2-28(19(30)15-34-20(31)13-10-16-8-11-18(25)12-9-16)21-22(26)29(24(33)27-23(21)32)14-17-6-4-3-5-7-17/h3-13H,2,14-15,26H2,1H3,(H,27,32,33)/b13-10+. The van der Waals surface area contributed by atoms with Gasteiger partial charge in [0, 0.05) is 12.6 Å². The average molecular weight is 466 g/mol. The molecular formula is C24H23FN4O5. The quantitative estimate of drug-likeness (QED) is 0.386. The van der Waals surface area contributed by atoms with Gasteiger partial charge in [0.2, 0.25) is 0 Å². The minimum absolute atomic E-state index is 0.0403. The molecule has 0 bridgehead atoms. The number of amides is 1. The topological polar surface area (TPSA) is 127 Å². The van der Waals surface area contributed by atoms with Gasteiger partial charge in [-0.3, -0.25) is 19.1 Å². The van der Waals surface area contributed by atoms with Gasteiger partial charge in [0.25, 0.3) is 11.5 Å². The summed E-state index contributed by atoms with van der Waals surface area (Å²) in [6, 6.07) is 14.4. The van der Waals surface area contributed by atoms with E-state index in [1.54, 1.807) is 31.2 Å². The zero-order valence-electron chi connectivity index (χ0n) is 18.4. The van der Waals surface area contributed by atoms with Crippen molar-refractivity contribution < 1.29 is 18.7 Å². The number of nitrogens with one attached hydrogen (secondary N) is 1. The lowest BCUT2D eigenvalue weighted by atomic mass is 10.2. The molecule has 2 aromatic carbocycles.